The van der Waals surface area contributed by atoms with E-state index in [1.165, 1.54) is 19.1 Å². The van der Waals surface area contributed by atoms with Crippen molar-refractivity contribution < 1.29 is 36.0 Å². The van der Waals surface area contributed by atoms with Crippen LogP contribution < -0.4 is 10.8 Å². The van der Waals surface area contributed by atoms with Crippen LogP contribution in [0.3, 0.4) is 0 Å². The number of halogens is 8. The number of thiophene rings is 1. The number of hydrogen-bond acceptors (Lipinski definition) is 4. The van der Waals surface area contributed by atoms with Gasteiger partial charge in [-0.15, -0.1) is 11.3 Å². The van der Waals surface area contributed by atoms with Crippen LogP contribution in [0.15, 0.2) is 30.3 Å². The molecule has 2 aromatic rings. The highest BCUT2D eigenvalue weighted by atomic mass is 35.5. The highest BCUT2D eigenvalue weighted by Gasteiger charge is 2.59. The zero-order valence-corrected chi connectivity index (χ0v) is 17.7. The number of nitrogens with one attached hydrogen (secondary N) is 2. The third-order valence-electron chi connectivity index (χ3n) is 4.22. The second-order valence-electron chi connectivity index (χ2n) is 6.57. The van der Waals surface area contributed by atoms with Crippen LogP contribution in [0.1, 0.15) is 25.7 Å². The molecule has 1 aliphatic heterocycles. The molecule has 1 aromatic heterocycles. The van der Waals surface area contributed by atoms with Crippen molar-refractivity contribution in [3.8, 4) is 0 Å². The predicted molar refractivity (Wildman–Crippen MR) is 104 cm³/mol. The molecule has 2 heterocycles. The van der Waals surface area contributed by atoms with E-state index in [4.69, 9.17) is 28.0 Å². The van der Waals surface area contributed by atoms with Crippen LogP contribution in [0.25, 0.3) is 5.70 Å². The fourth-order valence-electron chi connectivity index (χ4n) is 2.83. The summed E-state index contributed by atoms with van der Waals surface area (Å²) in [5.41, 5.74) is -0.929. The maximum Gasteiger partial charge on any atom is 0.428 e. The standard InChI is InChI=1S/C18H12Cl2F6N2O2S/c1-8-2-13(31-14(8)15(29)27-7-17(21,22)23)12-6-16(30-28-12,18(24,25)26)9-3-10(19)5-11(20)4-9/h2-6,28H,7H2,1H3,(H,27,29). The summed E-state index contributed by atoms with van der Waals surface area (Å²) in [4.78, 5) is 17.1. The molecular formula is C18H12Cl2F6N2O2S. The molecule has 0 radical (unpaired) electrons. The first-order valence-corrected chi connectivity index (χ1v) is 9.95. The summed E-state index contributed by atoms with van der Waals surface area (Å²) < 4.78 is 79.0. The van der Waals surface area contributed by atoms with E-state index < -0.39 is 30.4 Å². The molecular weight excluding hydrogens is 493 g/mol. The lowest BCUT2D eigenvalue weighted by atomic mass is 9.92. The Morgan fingerprint density at radius 2 is 1.74 bits per heavy atom. The van der Waals surface area contributed by atoms with Crippen LogP contribution in [0.2, 0.25) is 10.0 Å². The third-order valence-corrected chi connectivity index (χ3v) is 5.93. The predicted octanol–water partition coefficient (Wildman–Crippen LogP) is 5.99. The summed E-state index contributed by atoms with van der Waals surface area (Å²) >= 11 is 12.4. The van der Waals surface area contributed by atoms with E-state index in [2.05, 4.69) is 5.48 Å². The van der Waals surface area contributed by atoms with E-state index in [-0.39, 0.29) is 36.6 Å². The monoisotopic (exact) mass is 504 g/mol. The van der Waals surface area contributed by atoms with Crippen molar-refractivity contribution in [1.82, 2.24) is 10.8 Å². The van der Waals surface area contributed by atoms with Crippen molar-refractivity contribution in [3.05, 3.63) is 61.3 Å². The molecule has 2 N–H and O–H groups in total. The van der Waals surface area contributed by atoms with E-state index in [1.54, 1.807) is 5.32 Å². The number of carbonyl (C=O) groups is 1. The van der Waals surface area contributed by atoms with Gasteiger partial charge in [-0.05, 0) is 42.8 Å². The van der Waals surface area contributed by atoms with E-state index >= 15 is 0 Å². The Bertz CT molecular complexity index is 1030. The van der Waals surface area contributed by atoms with Gasteiger partial charge in [0.25, 0.3) is 5.91 Å². The van der Waals surface area contributed by atoms with Gasteiger partial charge < -0.3 is 5.32 Å². The summed E-state index contributed by atoms with van der Waals surface area (Å²) in [5.74, 6) is -0.991. The SMILES string of the molecule is Cc1cc(C2=CC(c3cc(Cl)cc(Cl)c3)(C(F)(F)F)ON2)sc1C(=O)NCC(F)(F)F. The maximum absolute atomic E-state index is 14.0. The summed E-state index contributed by atoms with van der Waals surface area (Å²) in [5, 5.41) is 1.66. The smallest absolute Gasteiger partial charge is 0.342 e. The van der Waals surface area contributed by atoms with Gasteiger partial charge in [0.1, 0.15) is 6.54 Å². The van der Waals surface area contributed by atoms with Crippen molar-refractivity contribution in [1.29, 1.82) is 0 Å². The number of alkyl halides is 6. The molecule has 0 fully saturated rings. The normalized spacial score (nSPS) is 19.2. The fraction of sp³-hybridized carbons (Fsp3) is 0.278. The summed E-state index contributed by atoms with van der Waals surface area (Å²) in [6.07, 6.45) is -8.76. The molecule has 0 aliphatic carbocycles. The zero-order chi connectivity index (χ0) is 23.2. The van der Waals surface area contributed by atoms with Gasteiger partial charge in [0, 0.05) is 15.6 Å². The lowest BCUT2D eigenvalue weighted by Crippen LogP contribution is -2.42. The first-order valence-electron chi connectivity index (χ1n) is 8.38. The number of rotatable bonds is 4. The van der Waals surface area contributed by atoms with Crippen molar-refractivity contribution in [2.45, 2.75) is 24.9 Å². The van der Waals surface area contributed by atoms with E-state index in [0.29, 0.717) is 0 Å². The molecule has 168 valence electrons. The van der Waals surface area contributed by atoms with Gasteiger partial charge in [-0.2, -0.15) is 26.3 Å². The van der Waals surface area contributed by atoms with E-state index in [9.17, 15) is 31.1 Å². The van der Waals surface area contributed by atoms with Crippen LogP contribution >= 0.6 is 34.5 Å². The van der Waals surface area contributed by atoms with Crippen LogP contribution in [0, 0.1) is 6.92 Å². The molecule has 1 aromatic carbocycles. The second-order valence-corrected chi connectivity index (χ2v) is 8.50. The topological polar surface area (TPSA) is 50.4 Å². The molecule has 0 saturated carbocycles. The van der Waals surface area contributed by atoms with Gasteiger partial charge in [0.15, 0.2) is 0 Å². The van der Waals surface area contributed by atoms with Crippen molar-refractivity contribution in [2.75, 3.05) is 6.54 Å². The molecule has 31 heavy (non-hydrogen) atoms. The quantitative estimate of drug-likeness (QED) is 0.503. The molecule has 0 bridgehead atoms. The van der Waals surface area contributed by atoms with Crippen LogP contribution in [0.4, 0.5) is 26.3 Å². The van der Waals surface area contributed by atoms with E-state index in [1.807, 2.05) is 0 Å². The number of carbonyl (C=O) groups excluding carboxylic acids is 1. The van der Waals surface area contributed by atoms with E-state index in [0.717, 1.165) is 29.5 Å². The average Bonchev–Trinajstić information content (AvgIpc) is 3.22. The minimum atomic E-state index is -4.92. The maximum atomic E-state index is 14.0. The van der Waals surface area contributed by atoms with Gasteiger partial charge in [-0.1, -0.05) is 23.2 Å². The molecule has 1 aliphatic rings. The molecule has 1 atom stereocenters. The summed E-state index contributed by atoms with van der Waals surface area (Å²) in [6, 6.07) is 4.74. The minimum absolute atomic E-state index is 0.0350. The van der Waals surface area contributed by atoms with Gasteiger partial charge in [-0.25, -0.2) is 0 Å². The van der Waals surface area contributed by atoms with Crippen LogP contribution in [0.5, 0.6) is 0 Å². The zero-order valence-electron chi connectivity index (χ0n) is 15.3. The Labute approximate surface area is 185 Å². The Hall–Kier alpha value is -1.95. The highest BCUT2D eigenvalue weighted by Crippen LogP contribution is 2.48. The molecule has 1 amide bonds. The van der Waals surface area contributed by atoms with Gasteiger partial charge >= 0.3 is 12.4 Å². The Kier molecular flexibility index (Phi) is 6.27. The lowest BCUT2D eigenvalue weighted by Gasteiger charge is -2.28. The minimum Gasteiger partial charge on any atom is -0.342 e. The molecule has 13 heteroatoms. The van der Waals surface area contributed by atoms with Gasteiger partial charge in [-0.3, -0.25) is 15.1 Å². The number of aryl methyl sites for hydroxylation is 1. The fourth-order valence-corrected chi connectivity index (χ4v) is 4.41. The van der Waals surface area contributed by atoms with Crippen molar-refractivity contribution in [2.24, 2.45) is 0 Å². The molecule has 1 unspecified atom stereocenters. The number of amides is 1. The Morgan fingerprint density at radius 3 is 2.29 bits per heavy atom. The van der Waals surface area contributed by atoms with Crippen LogP contribution in [-0.2, 0) is 10.4 Å². The summed E-state index contributed by atoms with van der Waals surface area (Å²) in [7, 11) is 0. The number of benzene rings is 1. The molecule has 0 saturated heterocycles. The van der Waals surface area contributed by atoms with Crippen molar-refractivity contribution in [3.63, 3.8) is 0 Å². The number of hydroxylamine groups is 1. The second kappa shape index (κ2) is 8.19. The summed E-state index contributed by atoms with van der Waals surface area (Å²) in [6.45, 7) is -0.0815. The highest BCUT2D eigenvalue weighted by molar-refractivity contribution is 7.15. The molecule has 4 nitrogen and oxygen atoms in total. The largest absolute Gasteiger partial charge is 0.428 e. The van der Waals surface area contributed by atoms with Crippen LogP contribution in [-0.4, -0.2) is 24.8 Å². The molecule has 3 rings (SSSR count). The first-order chi connectivity index (χ1) is 14.2. The third kappa shape index (κ3) is 4.94. The number of hydrogen-bond donors (Lipinski definition) is 2. The first kappa shape index (κ1) is 23.7. The van der Waals surface area contributed by atoms with Crippen molar-refractivity contribution >= 4 is 46.1 Å². The average molecular weight is 505 g/mol. The Morgan fingerprint density at radius 1 is 1.13 bits per heavy atom. The Balaban J connectivity index is 1.98. The lowest BCUT2D eigenvalue weighted by molar-refractivity contribution is -0.269. The molecule has 0 spiro atoms. The van der Waals surface area contributed by atoms with Gasteiger partial charge in [0.2, 0.25) is 5.60 Å². The van der Waals surface area contributed by atoms with Gasteiger partial charge in [0.05, 0.1) is 15.5 Å².